The third-order valence-electron chi connectivity index (χ3n) is 2.24. The van der Waals surface area contributed by atoms with E-state index < -0.39 is 0 Å². The van der Waals surface area contributed by atoms with Crippen molar-refractivity contribution in [3.63, 3.8) is 0 Å². The summed E-state index contributed by atoms with van der Waals surface area (Å²) >= 11 is 0. The first-order chi connectivity index (χ1) is 6.06. The highest BCUT2D eigenvalue weighted by molar-refractivity contribution is 4.71. The zero-order chi connectivity index (χ0) is 10.3. The molecule has 2 atom stereocenters. The molecule has 1 rings (SSSR count). The van der Waals surface area contributed by atoms with Crippen LogP contribution in [0.3, 0.4) is 0 Å². The molecule has 13 heavy (non-hydrogen) atoms. The fraction of sp³-hybridized carbons (Fsp3) is 1.00. The van der Waals surface area contributed by atoms with Crippen LogP contribution in [0.4, 0.5) is 0 Å². The highest BCUT2D eigenvalue weighted by Gasteiger charge is 2.15. The standard InChI is InChI=1S/C8H17N.C2H7NO.H2/c1-3-8-4-7(2)5-9-6-8;1-3(2)4;/h7-9H,3-6H2,1-2H3;4H,1-2H3;1H/t7-,8+;;/m1../s1. The van der Waals surface area contributed by atoms with Crippen LogP contribution in [0, 0.1) is 11.8 Å². The minimum atomic E-state index is 0. The molecule has 0 spiro atoms. The van der Waals surface area contributed by atoms with Crippen molar-refractivity contribution in [1.82, 2.24) is 10.4 Å². The minimum absolute atomic E-state index is 0. The molecule has 0 aromatic heterocycles. The second-order valence-electron chi connectivity index (χ2n) is 4.12. The minimum Gasteiger partial charge on any atom is -0.316 e. The van der Waals surface area contributed by atoms with Crippen LogP contribution in [0.2, 0.25) is 0 Å². The first-order valence-electron chi connectivity index (χ1n) is 5.13. The Labute approximate surface area is 83.6 Å². The van der Waals surface area contributed by atoms with E-state index in [4.69, 9.17) is 5.21 Å². The summed E-state index contributed by atoms with van der Waals surface area (Å²) in [6, 6.07) is 0. The van der Waals surface area contributed by atoms with E-state index >= 15 is 0 Å². The van der Waals surface area contributed by atoms with Gasteiger partial charge in [0.05, 0.1) is 0 Å². The van der Waals surface area contributed by atoms with Gasteiger partial charge in [0.2, 0.25) is 0 Å². The molecule has 0 radical (unpaired) electrons. The van der Waals surface area contributed by atoms with Gasteiger partial charge < -0.3 is 10.5 Å². The second kappa shape index (κ2) is 7.30. The molecule has 0 aromatic rings. The number of rotatable bonds is 1. The van der Waals surface area contributed by atoms with Gasteiger partial charge in [-0.3, -0.25) is 0 Å². The molecule has 1 aliphatic rings. The van der Waals surface area contributed by atoms with Crippen LogP contribution in [-0.2, 0) is 0 Å². The summed E-state index contributed by atoms with van der Waals surface area (Å²) in [6.45, 7) is 7.09. The number of hydrogen-bond acceptors (Lipinski definition) is 3. The van der Waals surface area contributed by atoms with Crippen molar-refractivity contribution in [2.75, 3.05) is 27.2 Å². The SMILES string of the molecule is CC[C@@H]1CNC[C@H](C)C1.CN(C)O.[HH]. The van der Waals surface area contributed by atoms with Crippen molar-refractivity contribution >= 4 is 0 Å². The molecule has 1 aliphatic heterocycles. The number of nitrogens with zero attached hydrogens (tertiary/aromatic N) is 1. The van der Waals surface area contributed by atoms with Crippen molar-refractivity contribution in [1.29, 1.82) is 0 Å². The Kier molecular flexibility index (Phi) is 7.23. The average Bonchev–Trinajstić information content (AvgIpc) is 2.03. The van der Waals surface area contributed by atoms with E-state index in [0.29, 0.717) is 0 Å². The molecular formula is C10H26N2O. The van der Waals surface area contributed by atoms with E-state index in [1.165, 1.54) is 25.9 Å². The molecule has 1 fully saturated rings. The molecule has 0 bridgehead atoms. The first-order valence-corrected chi connectivity index (χ1v) is 5.13. The van der Waals surface area contributed by atoms with E-state index in [9.17, 15) is 0 Å². The molecule has 2 N–H and O–H groups in total. The van der Waals surface area contributed by atoms with Crippen LogP contribution in [0.15, 0.2) is 0 Å². The Morgan fingerprint density at radius 1 is 1.46 bits per heavy atom. The van der Waals surface area contributed by atoms with Crippen LogP contribution in [0.1, 0.15) is 28.1 Å². The van der Waals surface area contributed by atoms with Crippen molar-refractivity contribution in [3.05, 3.63) is 0 Å². The maximum atomic E-state index is 7.89. The Bertz CT molecular complexity index is 120. The van der Waals surface area contributed by atoms with Crippen molar-refractivity contribution < 1.29 is 6.63 Å². The summed E-state index contributed by atoms with van der Waals surface area (Å²) in [5.41, 5.74) is 0. The Hall–Kier alpha value is -0.120. The van der Waals surface area contributed by atoms with Crippen LogP contribution < -0.4 is 5.32 Å². The molecule has 3 nitrogen and oxygen atoms in total. The van der Waals surface area contributed by atoms with Crippen LogP contribution in [-0.4, -0.2) is 37.5 Å². The Morgan fingerprint density at radius 2 is 2.00 bits per heavy atom. The van der Waals surface area contributed by atoms with Crippen molar-refractivity contribution in [2.45, 2.75) is 26.7 Å². The smallest absolute Gasteiger partial charge is 0.0121 e. The van der Waals surface area contributed by atoms with Gasteiger partial charge in [0.15, 0.2) is 0 Å². The van der Waals surface area contributed by atoms with Gasteiger partial charge in [-0.05, 0) is 31.3 Å². The van der Waals surface area contributed by atoms with Gasteiger partial charge in [0, 0.05) is 15.5 Å². The van der Waals surface area contributed by atoms with Gasteiger partial charge in [-0.25, -0.2) is 0 Å². The van der Waals surface area contributed by atoms with Gasteiger partial charge in [-0.2, -0.15) is 5.06 Å². The highest BCUT2D eigenvalue weighted by atomic mass is 16.5. The predicted octanol–water partition coefficient (Wildman–Crippen LogP) is 1.83. The molecule has 82 valence electrons. The second-order valence-corrected chi connectivity index (χ2v) is 4.12. The third-order valence-corrected chi connectivity index (χ3v) is 2.24. The van der Waals surface area contributed by atoms with Crippen LogP contribution in [0.25, 0.3) is 0 Å². The predicted molar refractivity (Wildman–Crippen MR) is 58.0 cm³/mol. The van der Waals surface area contributed by atoms with Gasteiger partial charge in [0.25, 0.3) is 0 Å². The summed E-state index contributed by atoms with van der Waals surface area (Å²) in [4.78, 5) is 0. The lowest BCUT2D eigenvalue weighted by Gasteiger charge is -2.26. The maximum Gasteiger partial charge on any atom is 0.0121 e. The van der Waals surface area contributed by atoms with E-state index in [2.05, 4.69) is 19.2 Å². The summed E-state index contributed by atoms with van der Waals surface area (Å²) in [5.74, 6) is 1.86. The van der Waals surface area contributed by atoms with Gasteiger partial charge in [-0.1, -0.05) is 20.3 Å². The molecule has 0 aliphatic carbocycles. The third kappa shape index (κ3) is 8.22. The number of nitrogens with one attached hydrogen (secondary N) is 1. The number of hydrogen-bond donors (Lipinski definition) is 2. The largest absolute Gasteiger partial charge is 0.316 e. The normalized spacial score (nSPS) is 28.2. The summed E-state index contributed by atoms with van der Waals surface area (Å²) in [7, 11) is 3.11. The summed E-state index contributed by atoms with van der Waals surface area (Å²) in [5, 5.41) is 12.3. The zero-order valence-corrected chi connectivity index (χ0v) is 9.38. The van der Waals surface area contributed by atoms with Crippen molar-refractivity contribution in [3.8, 4) is 0 Å². The summed E-state index contributed by atoms with van der Waals surface area (Å²) < 4.78 is 0. The molecule has 0 amide bonds. The monoisotopic (exact) mass is 190 g/mol. The molecule has 1 heterocycles. The zero-order valence-electron chi connectivity index (χ0n) is 9.38. The summed E-state index contributed by atoms with van der Waals surface area (Å²) in [6.07, 6.45) is 2.78. The van der Waals surface area contributed by atoms with E-state index in [1.807, 2.05) is 0 Å². The Balaban J connectivity index is 0. The fourth-order valence-electron chi connectivity index (χ4n) is 1.58. The van der Waals surface area contributed by atoms with Gasteiger partial charge in [-0.15, -0.1) is 0 Å². The molecule has 1 saturated heterocycles. The molecule has 3 heteroatoms. The molecule has 0 aromatic carbocycles. The molecular weight excluding hydrogens is 164 g/mol. The molecule has 0 saturated carbocycles. The highest BCUT2D eigenvalue weighted by Crippen LogP contribution is 2.17. The topological polar surface area (TPSA) is 35.5 Å². The van der Waals surface area contributed by atoms with E-state index in [0.717, 1.165) is 16.9 Å². The van der Waals surface area contributed by atoms with E-state index in [-0.39, 0.29) is 1.43 Å². The maximum absolute atomic E-state index is 7.89. The fourth-order valence-corrected chi connectivity index (χ4v) is 1.58. The van der Waals surface area contributed by atoms with Gasteiger partial charge >= 0.3 is 0 Å². The average molecular weight is 190 g/mol. The van der Waals surface area contributed by atoms with Crippen LogP contribution in [0.5, 0.6) is 0 Å². The Morgan fingerprint density at radius 3 is 2.31 bits per heavy atom. The first kappa shape index (κ1) is 12.9. The lowest BCUT2D eigenvalue weighted by atomic mass is 9.90. The quantitative estimate of drug-likeness (QED) is 0.619. The van der Waals surface area contributed by atoms with E-state index in [1.54, 1.807) is 14.1 Å². The lowest BCUT2D eigenvalue weighted by Crippen LogP contribution is -2.34. The van der Waals surface area contributed by atoms with Crippen molar-refractivity contribution in [2.24, 2.45) is 11.8 Å². The van der Waals surface area contributed by atoms with Crippen LogP contribution >= 0.6 is 0 Å². The van der Waals surface area contributed by atoms with Gasteiger partial charge in [0.1, 0.15) is 0 Å². The number of hydroxylamine groups is 2. The lowest BCUT2D eigenvalue weighted by molar-refractivity contribution is -0.0372. The molecule has 0 unspecified atom stereocenters. The number of piperidine rings is 1.